The van der Waals surface area contributed by atoms with Crippen LogP contribution in [-0.4, -0.2) is 37.4 Å². The first-order valence-electron chi connectivity index (χ1n) is 9.98. The highest BCUT2D eigenvalue weighted by Gasteiger charge is 2.16. The number of rotatable bonds is 7. The molecule has 0 aliphatic carbocycles. The number of fused-ring (bicyclic) bond motifs is 1. The van der Waals surface area contributed by atoms with E-state index in [4.69, 9.17) is 9.47 Å². The first-order valence-corrected chi connectivity index (χ1v) is 9.98. The molecule has 1 aliphatic rings. The molecule has 156 valence electrons. The Bertz CT molecular complexity index is 1110. The van der Waals surface area contributed by atoms with E-state index < -0.39 is 5.97 Å². The molecule has 1 aliphatic heterocycles. The van der Waals surface area contributed by atoms with E-state index in [1.165, 1.54) is 0 Å². The predicted molar refractivity (Wildman–Crippen MR) is 115 cm³/mol. The van der Waals surface area contributed by atoms with Crippen LogP contribution < -0.4 is 10.1 Å². The molecule has 0 bridgehead atoms. The maximum absolute atomic E-state index is 12.3. The van der Waals surface area contributed by atoms with Crippen LogP contribution in [0.5, 0.6) is 5.75 Å². The van der Waals surface area contributed by atoms with Gasteiger partial charge >= 0.3 is 5.97 Å². The number of ether oxygens (including phenoxy) is 2. The van der Waals surface area contributed by atoms with Crippen LogP contribution in [-0.2, 0) is 16.0 Å². The molecule has 0 fully saturated rings. The lowest BCUT2D eigenvalue weighted by atomic mass is 10.0. The van der Waals surface area contributed by atoms with Gasteiger partial charge in [0.1, 0.15) is 12.3 Å². The number of carbonyl (C=O) groups excluding carboxylic acids is 3. The van der Waals surface area contributed by atoms with Crippen LogP contribution >= 0.6 is 0 Å². The summed E-state index contributed by atoms with van der Waals surface area (Å²) >= 11 is 0. The summed E-state index contributed by atoms with van der Waals surface area (Å²) in [6.45, 7) is -0.0820. The first kappa shape index (κ1) is 20.3. The van der Waals surface area contributed by atoms with Crippen LogP contribution in [0, 0.1) is 0 Å². The SMILES string of the molecule is O=C(CNC(=O)c1ccc(-c2ccccc2)cc1)OCC(=O)c1ccc2c(c1)CCO2. The van der Waals surface area contributed by atoms with E-state index in [-0.39, 0.29) is 24.8 Å². The van der Waals surface area contributed by atoms with Crippen molar-refractivity contribution in [2.75, 3.05) is 19.8 Å². The van der Waals surface area contributed by atoms with Gasteiger partial charge in [-0.3, -0.25) is 14.4 Å². The highest BCUT2D eigenvalue weighted by atomic mass is 16.5. The summed E-state index contributed by atoms with van der Waals surface area (Å²) in [6.07, 6.45) is 0.759. The second-order valence-electron chi connectivity index (χ2n) is 7.13. The van der Waals surface area contributed by atoms with Crippen molar-refractivity contribution in [3.8, 4) is 16.9 Å². The largest absolute Gasteiger partial charge is 0.493 e. The molecule has 1 N–H and O–H groups in total. The van der Waals surface area contributed by atoms with E-state index in [0.29, 0.717) is 17.7 Å². The number of hydrogen-bond acceptors (Lipinski definition) is 5. The average molecular weight is 415 g/mol. The summed E-state index contributed by atoms with van der Waals surface area (Å²) in [7, 11) is 0. The zero-order chi connectivity index (χ0) is 21.6. The Morgan fingerprint density at radius 2 is 1.58 bits per heavy atom. The molecule has 6 nitrogen and oxygen atoms in total. The van der Waals surface area contributed by atoms with Crippen LogP contribution in [0.4, 0.5) is 0 Å². The van der Waals surface area contributed by atoms with Gasteiger partial charge in [0.15, 0.2) is 12.4 Å². The second kappa shape index (κ2) is 9.26. The zero-order valence-corrected chi connectivity index (χ0v) is 16.8. The summed E-state index contributed by atoms with van der Waals surface area (Å²) in [5.74, 6) is -0.576. The fourth-order valence-electron chi connectivity index (χ4n) is 3.34. The van der Waals surface area contributed by atoms with Crippen molar-refractivity contribution in [3.05, 3.63) is 89.5 Å². The van der Waals surface area contributed by atoms with Crippen LogP contribution in [0.25, 0.3) is 11.1 Å². The highest BCUT2D eigenvalue weighted by molar-refractivity contribution is 5.99. The third kappa shape index (κ3) is 4.98. The fourth-order valence-corrected chi connectivity index (χ4v) is 3.34. The van der Waals surface area contributed by atoms with Crippen molar-refractivity contribution in [1.82, 2.24) is 5.32 Å². The fraction of sp³-hybridized carbons (Fsp3) is 0.160. The number of Topliss-reactive ketones (excluding diaryl/α,β-unsaturated/α-hetero) is 1. The molecule has 0 unspecified atom stereocenters. The van der Waals surface area contributed by atoms with E-state index in [0.717, 1.165) is 28.9 Å². The van der Waals surface area contributed by atoms with Crippen molar-refractivity contribution >= 4 is 17.7 Å². The molecule has 3 aromatic rings. The molecule has 3 aromatic carbocycles. The normalized spacial score (nSPS) is 11.9. The molecule has 0 saturated heterocycles. The lowest BCUT2D eigenvalue weighted by molar-refractivity contribution is -0.141. The quantitative estimate of drug-likeness (QED) is 0.472. The van der Waals surface area contributed by atoms with E-state index in [9.17, 15) is 14.4 Å². The third-order valence-corrected chi connectivity index (χ3v) is 5.02. The number of nitrogens with one attached hydrogen (secondary N) is 1. The number of benzene rings is 3. The second-order valence-corrected chi connectivity index (χ2v) is 7.13. The zero-order valence-electron chi connectivity index (χ0n) is 16.8. The summed E-state index contributed by atoms with van der Waals surface area (Å²) in [5, 5.41) is 2.51. The van der Waals surface area contributed by atoms with Gasteiger partial charge in [0.2, 0.25) is 0 Å². The minimum atomic E-state index is -0.674. The van der Waals surface area contributed by atoms with Gasteiger partial charge in [0.25, 0.3) is 5.91 Å². The Kier molecular flexibility index (Phi) is 6.08. The lowest BCUT2D eigenvalue weighted by Gasteiger charge is -2.08. The van der Waals surface area contributed by atoms with Gasteiger partial charge in [0.05, 0.1) is 6.61 Å². The molecular weight excluding hydrogens is 394 g/mol. The Morgan fingerprint density at radius 1 is 0.871 bits per heavy atom. The molecule has 6 heteroatoms. The number of carbonyl (C=O) groups is 3. The van der Waals surface area contributed by atoms with Crippen LogP contribution in [0.15, 0.2) is 72.8 Å². The summed E-state index contributed by atoms with van der Waals surface area (Å²) in [4.78, 5) is 36.5. The molecule has 1 amide bonds. The van der Waals surface area contributed by atoms with E-state index in [2.05, 4.69) is 5.32 Å². The molecular formula is C25H21NO5. The van der Waals surface area contributed by atoms with Gasteiger partial charge in [0, 0.05) is 17.5 Å². The molecule has 0 saturated carbocycles. The van der Waals surface area contributed by atoms with Crippen LogP contribution in [0.2, 0.25) is 0 Å². The minimum Gasteiger partial charge on any atom is -0.493 e. The number of ketones is 1. The summed E-state index contributed by atoms with van der Waals surface area (Å²) in [5.41, 5.74) is 3.93. The van der Waals surface area contributed by atoms with Gasteiger partial charge in [-0.2, -0.15) is 0 Å². The Balaban J connectivity index is 1.25. The Hall–Kier alpha value is -3.93. The highest BCUT2D eigenvalue weighted by Crippen LogP contribution is 2.26. The Morgan fingerprint density at radius 3 is 2.35 bits per heavy atom. The van der Waals surface area contributed by atoms with Crippen molar-refractivity contribution < 1.29 is 23.9 Å². The first-order chi connectivity index (χ1) is 15.1. The van der Waals surface area contributed by atoms with Crippen LogP contribution in [0.3, 0.4) is 0 Å². The molecule has 1 heterocycles. The molecule has 4 rings (SSSR count). The monoisotopic (exact) mass is 415 g/mol. The van der Waals surface area contributed by atoms with E-state index >= 15 is 0 Å². The molecule has 0 aromatic heterocycles. The van der Waals surface area contributed by atoms with E-state index in [1.807, 2.05) is 42.5 Å². The minimum absolute atomic E-state index is 0.300. The molecule has 0 atom stereocenters. The molecule has 0 spiro atoms. The maximum Gasteiger partial charge on any atom is 0.325 e. The van der Waals surface area contributed by atoms with Crippen molar-refractivity contribution in [2.24, 2.45) is 0 Å². The van der Waals surface area contributed by atoms with Gasteiger partial charge in [-0.1, -0.05) is 42.5 Å². The average Bonchev–Trinajstić information content (AvgIpc) is 3.29. The number of hydrogen-bond donors (Lipinski definition) is 1. The van der Waals surface area contributed by atoms with Crippen LogP contribution in [0.1, 0.15) is 26.3 Å². The van der Waals surface area contributed by atoms with Gasteiger partial charge < -0.3 is 14.8 Å². The Labute approximate surface area is 179 Å². The van der Waals surface area contributed by atoms with Gasteiger partial charge in [-0.15, -0.1) is 0 Å². The van der Waals surface area contributed by atoms with Crippen molar-refractivity contribution in [1.29, 1.82) is 0 Å². The number of esters is 1. The van der Waals surface area contributed by atoms with Crippen molar-refractivity contribution in [2.45, 2.75) is 6.42 Å². The standard InChI is InChI=1S/C25H21NO5/c27-22(20-10-11-23-21(14-20)12-13-30-23)16-31-24(28)15-26-25(29)19-8-6-18(7-9-19)17-4-2-1-3-5-17/h1-11,14H,12-13,15-16H2,(H,26,29). The predicted octanol–water partition coefficient (Wildman–Crippen LogP) is 3.44. The van der Waals surface area contributed by atoms with Gasteiger partial charge in [-0.25, -0.2) is 0 Å². The summed E-state index contributed by atoms with van der Waals surface area (Å²) < 4.78 is 10.4. The lowest BCUT2D eigenvalue weighted by Crippen LogP contribution is -2.31. The molecule has 31 heavy (non-hydrogen) atoms. The number of amides is 1. The summed E-state index contributed by atoms with van der Waals surface area (Å²) in [6, 6.07) is 22.1. The maximum atomic E-state index is 12.3. The topological polar surface area (TPSA) is 81.7 Å². The third-order valence-electron chi connectivity index (χ3n) is 5.02. The molecule has 0 radical (unpaired) electrons. The smallest absolute Gasteiger partial charge is 0.325 e. The van der Waals surface area contributed by atoms with Gasteiger partial charge in [-0.05, 0) is 47.0 Å². The van der Waals surface area contributed by atoms with E-state index in [1.54, 1.807) is 30.3 Å². The van der Waals surface area contributed by atoms with Crippen molar-refractivity contribution in [3.63, 3.8) is 0 Å².